The van der Waals surface area contributed by atoms with E-state index in [1.165, 1.54) is 5.56 Å². The Morgan fingerprint density at radius 1 is 0.950 bits per heavy atom. The first kappa shape index (κ1) is 14.7. The Balaban J connectivity index is 2.14. The van der Waals surface area contributed by atoms with Crippen molar-refractivity contribution in [2.75, 3.05) is 14.2 Å². The average Bonchev–Trinajstić information content (AvgIpc) is 2.46. The van der Waals surface area contributed by atoms with Gasteiger partial charge in [-0.25, -0.2) is 0 Å². The zero-order chi connectivity index (χ0) is 14.5. The van der Waals surface area contributed by atoms with Gasteiger partial charge in [0.1, 0.15) is 23.9 Å². The molecule has 0 spiro atoms. The molecule has 0 aliphatic heterocycles. The highest BCUT2D eigenvalue weighted by atomic mass is 79.9. The molecule has 2 rings (SSSR count). The summed E-state index contributed by atoms with van der Waals surface area (Å²) in [6.07, 6.45) is 0. The third-order valence-electron chi connectivity index (χ3n) is 2.96. The van der Waals surface area contributed by atoms with Crippen LogP contribution in [0.1, 0.15) is 11.1 Å². The van der Waals surface area contributed by atoms with Crippen LogP contribution in [-0.2, 0) is 6.61 Å². The first-order valence-corrected chi connectivity index (χ1v) is 7.03. The van der Waals surface area contributed by atoms with E-state index >= 15 is 0 Å². The third kappa shape index (κ3) is 3.45. The predicted octanol–water partition coefficient (Wildman–Crippen LogP) is 4.35. The third-order valence-corrected chi connectivity index (χ3v) is 3.58. The molecular formula is C16H17BrO3. The minimum atomic E-state index is 0.454. The van der Waals surface area contributed by atoms with Crippen LogP contribution in [0, 0.1) is 6.92 Å². The van der Waals surface area contributed by atoms with Crippen LogP contribution in [0.5, 0.6) is 17.2 Å². The van der Waals surface area contributed by atoms with Crippen LogP contribution >= 0.6 is 15.9 Å². The van der Waals surface area contributed by atoms with Crippen molar-refractivity contribution >= 4 is 15.9 Å². The lowest BCUT2D eigenvalue weighted by atomic mass is 10.1. The molecule has 0 amide bonds. The van der Waals surface area contributed by atoms with Gasteiger partial charge in [0, 0.05) is 5.56 Å². The minimum absolute atomic E-state index is 0.454. The molecule has 0 radical (unpaired) electrons. The normalized spacial score (nSPS) is 10.2. The van der Waals surface area contributed by atoms with E-state index in [-0.39, 0.29) is 0 Å². The lowest BCUT2D eigenvalue weighted by molar-refractivity contribution is 0.294. The van der Waals surface area contributed by atoms with Crippen LogP contribution in [0.4, 0.5) is 0 Å². The van der Waals surface area contributed by atoms with E-state index in [4.69, 9.17) is 14.2 Å². The molecule has 4 heteroatoms. The molecule has 0 N–H and O–H groups in total. The lowest BCUT2D eigenvalue weighted by Crippen LogP contribution is -2.00. The second-order valence-electron chi connectivity index (χ2n) is 4.40. The smallest absolute Gasteiger partial charge is 0.134 e. The number of aryl methyl sites for hydroxylation is 1. The van der Waals surface area contributed by atoms with Crippen LogP contribution in [-0.4, -0.2) is 14.2 Å². The molecule has 106 valence electrons. The maximum atomic E-state index is 5.84. The molecule has 0 fully saturated rings. The van der Waals surface area contributed by atoms with Crippen molar-refractivity contribution in [1.29, 1.82) is 0 Å². The van der Waals surface area contributed by atoms with Gasteiger partial charge in [0.25, 0.3) is 0 Å². The molecular weight excluding hydrogens is 320 g/mol. The van der Waals surface area contributed by atoms with Gasteiger partial charge >= 0.3 is 0 Å². The summed E-state index contributed by atoms with van der Waals surface area (Å²) in [6.45, 7) is 2.50. The second kappa shape index (κ2) is 6.66. The van der Waals surface area contributed by atoms with E-state index < -0.39 is 0 Å². The molecule has 0 heterocycles. The molecule has 2 aromatic rings. The summed E-state index contributed by atoms with van der Waals surface area (Å²) in [4.78, 5) is 0. The molecule has 0 saturated heterocycles. The van der Waals surface area contributed by atoms with Crippen molar-refractivity contribution in [2.24, 2.45) is 0 Å². The Morgan fingerprint density at radius 2 is 1.70 bits per heavy atom. The summed E-state index contributed by atoms with van der Waals surface area (Å²) in [7, 11) is 3.30. The fourth-order valence-corrected chi connectivity index (χ4v) is 2.37. The number of methoxy groups -OCH3 is 2. The van der Waals surface area contributed by atoms with Crippen molar-refractivity contribution in [2.45, 2.75) is 13.5 Å². The Kier molecular flexibility index (Phi) is 4.90. The number of hydrogen-bond donors (Lipinski definition) is 0. The van der Waals surface area contributed by atoms with Crippen LogP contribution in [0.3, 0.4) is 0 Å². The summed E-state index contributed by atoms with van der Waals surface area (Å²) in [5.74, 6) is 2.40. The highest BCUT2D eigenvalue weighted by molar-refractivity contribution is 9.10. The summed E-state index contributed by atoms with van der Waals surface area (Å²) in [5, 5.41) is 0. The van der Waals surface area contributed by atoms with Gasteiger partial charge in [-0.2, -0.15) is 0 Å². The predicted molar refractivity (Wildman–Crippen MR) is 82.8 cm³/mol. The van der Waals surface area contributed by atoms with Gasteiger partial charge in [-0.1, -0.05) is 11.6 Å². The first-order chi connectivity index (χ1) is 9.63. The van der Waals surface area contributed by atoms with Gasteiger partial charge in [0.15, 0.2) is 0 Å². The molecule has 0 bridgehead atoms. The summed E-state index contributed by atoms with van der Waals surface area (Å²) in [5.41, 5.74) is 2.20. The SMILES string of the molecule is COc1ccc(OCc2cc(C)ccc2OC)c(Br)c1. The quantitative estimate of drug-likeness (QED) is 0.812. The Labute approximate surface area is 127 Å². The van der Waals surface area contributed by atoms with E-state index in [1.807, 2.05) is 37.3 Å². The standard InChI is InChI=1S/C16H17BrO3/c1-11-4-6-15(19-3)12(8-11)10-20-16-7-5-13(18-2)9-14(16)17/h4-9H,10H2,1-3H3. The van der Waals surface area contributed by atoms with E-state index in [0.717, 1.165) is 27.3 Å². The highest BCUT2D eigenvalue weighted by Crippen LogP contribution is 2.30. The van der Waals surface area contributed by atoms with Crippen molar-refractivity contribution in [1.82, 2.24) is 0 Å². The summed E-state index contributed by atoms with van der Waals surface area (Å²) >= 11 is 3.48. The molecule has 0 saturated carbocycles. The Hall–Kier alpha value is -1.68. The molecule has 0 aliphatic rings. The van der Waals surface area contributed by atoms with Gasteiger partial charge in [0.05, 0.1) is 18.7 Å². The van der Waals surface area contributed by atoms with Crippen LogP contribution in [0.2, 0.25) is 0 Å². The van der Waals surface area contributed by atoms with Crippen LogP contribution in [0.15, 0.2) is 40.9 Å². The second-order valence-corrected chi connectivity index (χ2v) is 5.25. The number of halogens is 1. The molecule has 20 heavy (non-hydrogen) atoms. The zero-order valence-corrected chi connectivity index (χ0v) is 13.4. The minimum Gasteiger partial charge on any atom is -0.497 e. The Bertz CT molecular complexity index is 596. The van der Waals surface area contributed by atoms with Gasteiger partial charge in [-0.3, -0.25) is 0 Å². The fraction of sp³-hybridized carbons (Fsp3) is 0.250. The van der Waals surface area contributed by atoms with Crippen molar-refractivity contribution in [3.63, 3.8) is 0 Å². The molecule has 0 aromatic heterocycles. The molecule has 0 atom stereocenters. The van der Waals surface area contributed by atoms with E-state index in [0.29, 0.717) is 6.61 Å². The first-order valence-electron chi connectivity index (χ1n) is 6.24. The molecule has 2 aromatic carbocycles. The largest absolute Gasteiger partial charge is 0.497 e. The summed E-state index contributed by atoms with van der Waals surface area (Å²) in [6, 6.07) is 11.7. The molecule has 0 aliphatic carbocycles. The van der Waals surface area contributed by atoms with Gasteiger partial charge in [-0.05, 0) is 53.2 Å². The van der Waals surface area contributed by atoms with Gasteiger partial charge in [-0.15, -0.1) is 0 Å². The van der Waals surface area contributed by atoms with Crippen LogP contribution < -0.4 is 14.2 Å². The topological polar surface area (TPSA) is 27.7 Å². The van der Waals surface area contributed by atoms with E-state index in [1.54, 1.807) is 14.2 Å². The zero-order valence-electron chi connectivity index (χ0n) is 11.8. The van der Waals surface area contributed by atoms with Gasteiger partial charge < -0.3 is 14.2 Å². The summed E-state index contributed by atoms with van der Waals surface area (Å²) < 4.78 is 17.2. The van der Waals surface area contributed by atoms with E-state index in [2.05, 4.69) is 22.0 Å². The molecule has 0 unspecified atom stereocenters. The number of ether oxygens (including phenoxy) is 3. The molecule has 3 nitrogen and oxygen atoms in total. The fourth-order valence-electron chi connectivity index (χ4n) is 1.90. The monoisotopic (exact) mass is 336 g/mol. The van der Waals surface area contributed by atoms with E-state index in [9.17, 15) is 0 Å². The maximum absolute atomic E-state index is 5.84. The number of hydrogen-bond acceptors (Lipinski definition) is 3. The number of benzene rings is 2. The number of rotatable bonds is 5. The van der Waals surface area contributed by atoms with Crippen molar-refractivity contribution < 1.29 is 14.2 Å². The maximum Gasteiger partial charge on any atom is 0.134 e. The average molecular weight is 337 g/mol. The van der Waals surface area contributed by atoms with Crippen molar-refractivity contribution in [3.05, 3.63) is 52.0 Å². The van der Waals surface area contributed by atoms with Crippen molar-refractivity contribution in [3.8, 4) is 17.2 Å². The van der Waals surface area contributed by atoms with Crippen LogP contribution in [0.25, 0.3) is 0 Å². The van der Waals surface area contributed by atoms with Gasteiger partial charge in [0.2, 0.25) is 0 Å². The lowest BCUT2D eigenvalue weighted by Gasteiger charge is -2.12. The highest BCUT2D eigenvalue weighted by Gasteiger charge is 2.07. The Morgan fingerprint density at radius 3 is 2.35 bits per heavy atom.